The van der Waals surface area contributed by atoms with Gasteiger partial charge in [0.2, 0.25) is 5.91 Å². The number of hydrogen-bond donors (Lipinski definition) is 2. The quantitative estimate of drug-likeness (QED) is 0.507. The number of rotatable bonds is 5. The Balaban J connectivity index is 0.00000306. The van der Waals surface area contributed by atoms with Gasteiger partial charge in [-0.15, -0.1) is 5.56 Å². The average molecular weight is 519 g/mol. The summed E-state index contributed by atoms with van der Waals surface area (Å²) in [5, 5.41) is 6.51. The fourth-order valence-electron chi connectivity index (χ4n) is 4.32. The molecule has 4 rings (SSSR count). The van der Waals surface area contributed by atoms with Crippen molar-refractivity contribution in [1.29, 1.82) is 0 Å². The third kappa shape index (κ3) is 5.43. The number of nitrogens with one attached hydrogen (secondary N) is 1. The van der Waals surface area contributed by atoms with Gasteiger partial charge in [0, 0.05) is 51.4 Å². The summed E-state index contributed by atoms with van der Waals surface area (Å²) in [5.74, 6) is -0.878. The number of aryl methyl sites for hydroxylation is 2. The summed E-state index contributed by atoms with van der Waals surface area (Å²) in [4.78, 5) is 24.8. The number of carbonyl (C=O) groups is 2. The van der Waals surface area contributed by atoms with Crippen LogP contribution in [0.5, 0.6) is 0 Å². The molecule has 1 aliphatic heterocycles. The van der Waals surface area contributed by atoms with E-state index in [1.807, 2.05) is 54.9 Å². The number of aromatic nitrogens is 2. The van der Waals surface area contributed by atoms with E-state index >= 15 is 0 Å². The summed E-state index contributed by atoms with van der Waals surface area (Å²) in [7, 11) is 0. The van der Waals surface area contributed by atoms with Gasteiger partial charge in [-0.25, -0.2) is 9.69 Å². The van der Waals surface area contributed by atoms with Gasteiger partial charge in [-0.05, 0) is 45.2 Å². The zero-order valence-electron chi connectivity index (χ0n) is 19.3. The third-order valence-electron chi connectivity index (χ3n) is 5.99. The SMILES string of the molecule is Cc1ccc(-n2nc(C(=O)NN3CCCC(C(N)=O)C3)c(C)c2-c2cc[c-]cc2)c(C)c1.[Y]. The van der Waals surface area contributed by atoms with Crippen LogP contribution in [0.1, 0.15) is 40.0 Å². The number of carbonyl (C=O) groups excluding carboxylic acids is 2. The van der Waals surface area contributed by atoms with Crippen molar-refractivity contribution in [2.24, 2.45) is 11.7 Å². The van der Waals surface area contributed by atoms with Crippen LogP contribution in [-0.4, -0.2) is 39.7 Å². The Hall–Kier alpha value is -2.35. The van der Waals surface area contributed by atoms with Crippen molar-refractivity contribution >= 4 is 11.8 Å². The number of hydrazine groups is 1. The first-order valence-corrected chi connectivity index (χ1v) is 10.8. The number of hydrogen-bond acceptors (Lipinski definition) is 4. The van der Waals surface area contributed by atoms with E-state index in [9.17, 15) is 9.59 Å². The summed E-state index contributed by atoms with van der Waals surface area (Å²) in [6.07, 6.45) is 1.55. The maximum Gasteiger partial charge on any atom is 0.286 e. The molecule has 7 nitrogen and oxygen atoms in total. The standard InChI is InChI=1S/C25H28N5O2.Y/c1-16-11-12-21(17(2)14-16)30-23(19-8-5-4-6-9-19)18(3)22(27-30)25(32)28-29-13-7-10-20(15-29)24(26)31;/h5-6,8-9,11-12,14,20H,7,10,13,15H2,1-3H3,(H2,26,31)(H,28,32);/q-1;. The molecule has 1 radical (unpaired) electrons. The fraction of sp³-hybridized carbons (Fsp3) is 0.320. The second kappa shape index (κ2) is 10.7. The Bertz CT molecular complexity index is 1160. The fourth-order valence-corrected chi connectivity index (χ4v) is 4.32. The molecule has 0 aliphatic carbocycles. The zero-order valence-corrected chi connectivity index (χ0v) is 22.1. The van der Waals surface area contributed by atoms with Crippen LogP contribution >= 0.6 is 0 Å². The van der Waals surface area contributed by atoms with Crippen molar-refractivity contribution in [2.75, 3.05) is 13.1 Å². The molecule has 1 aliphatic rings. The van der Waals surface area contributed by atoms with Crippen LogP contribution in [0.3, 0.4) is 0 Å². The van der Waals surface area contributed by atoms with Gasteiger partial charge in [-0.1, -0.05) is 17.7 Å². The van der Waals surface area contributed by atoms with Gasteiger partial charge < -0.3 is 5.73 Å². The molecule has 2 aromatic carbocycles. The minimum atomic E-state index is -0.331. The maximum atomic E-state index is 13.2. The molecular weight excluding hydrogens is 491 g/mol. The van der Waals surface area contributed by atoms with E-state index in [0.29, 0.717) is 18.8 Å². The molecule has 1 fully saturated rings. The monoisotopic (exact) mass is 519 g/mol. The third-order valence-corrected chi connectivity index (χ3v) is 5.99. The Labute approximate surface area is 219 Å². The number of benzene rings is 2. The molecular formula is C25H28N5O2Y-. The van der Waals surface area contributed by atoms with Gasteiger partial charge in [-0.2, -0.15) is 35.4 Å². The molecule has 1 unspecified atom stereocenters. The van der Waals surface area contributed by atoms with Gasteiger partial charge in [0.1, 0.15) is 0 Å². The summed E-state index contributed by atoms with van der Waals surface area (Å²) < 4.78 is 1.84. The molecule has 1 aromatic heterocycles. The zero-order chi connectivity index (χ0) is 22.8. The second-order valence-electron chi connectivity index (χ2n) is 8.44. The van der Waals surface area contributed by atoms with Crippen molar-refractivity contribution in [3.05, 3.63) is 70.9 Å². The van der Waals surface area contributed by atoms with E-state index in [2.05, 4.69) is 24.5 Å². The van der Waals surface area contributed by atoms with Gasteiger partial charge >= 0.3 is 0 Å². The first-order valence-electron chi connectivity index (χ1n) is 10.8. The van der Waals surface area contributed by atoms with Gasteiger partial charge in [0.15, 0.2) is 5.69 Å². The molecule has 33 heavy (non-hydrogen) atoms. The number of primary amides is 1. The molecule has 0 spiro atoms. The molecule has 2 heterocycles. The topological polar surface area (TPSA) is 93.2 Å². The van der Waals surface area contributed by atoms with Gasteiger partial charge in [0.05, 0.1) is 17.3 Å². The molecule has 0 bridgehead atoms. The van der Waals surface area contributed by atoms with Crippen LogP contribution < -0.4 is 11.2 Å². The van der Waals surface area contributed by atoms with E-state index in [1.54, 1.807) is 5.01 Å². The summed E-state index contributed by atoms with van der Waals surface area (Å²) >= 11 is 0. The van der Waals surface area contributed by atoms with Crippen molar-refractivity contribution in [2.45, 2.75) is 33.6 Å². The minimum absolute atomic E-state index is 0. The molecule has 2 amide bonds. The molecule has 0 saturated carbocycles. The predicted molar refractivity (Wildman–Crippen MR) is 123 cm³/mol. The van der Waals surface area contributed by atoms with Crippen LogP contribution in [0.2, 0.25) is 0 Å². The van der Waals surface area contributed by atoms with Gasteiger partial charge in [0.25, 0.3) is 5.91 Å². The molecule has 8 heteroatoms. The largest absolute Gasteiger partial charge is 0.369 e. The number of nitrogens with zero attached hydrogens (tertiary/aromatic N) is 3. The summed E-state index contributed by atoms with van der Waals surface area (Å²) in [5.41, 5.74) is 14.5. The first-order chi connectivity index (χ1) is 15.3. The van der Waals surface area contributed by atoms with Crippen LogP contribution in [0.4, 0.5) is 0 Å². The molecule has 3 N–H and O–H groups in total. The number of nitrogens with two attached hydrogens (primary N) is 1. The Morgan fingerprint density at radius 3 is 2.55 bits per heavy atom. The van der Waals surface area contributed by atoms with Crippen LogP contribution in [0.25, 0.3) is 16.9 Å². The van der Waals surface area contributed by atoms with Crippen molar-refractivity contribution < 1.29 is 42.3 Å². The number of piperidine rings is 1. The first kappa shape index (κ1) is 25.3. The van der Waals surface area contributed by atoms with Crippen LogP contribution in [0.15, 0.2) is 42.5 Å². The van der Waals surface area contributed by atoms with Crippen molar-refractivity contribution in [3.8, 4) is 16.9 Å². The molecule has 1 saturated heterocycles. The molecule has 1 atom stereocenters. The smallest absolute Gasteiger partial charge is 0.286 e. The van der Waals surface area contributed by atoms with Gasteiger partial charge in [-0.3, -0.25) is 15.0 Å². The molecule has 169 valence electrons. The van der Waals surface area contributed by atoms with Crippen LogP contribution in [0, 0.1) is 32.8 Å². The predicted octanol–water partition coefficient (Wildman–Crippen LogP) is 3.10. The van der Waals surface area contributed by atoms with Crippen LogP contribution in [-0.2, 0) is 37.5 Å². The normalized spacial score (nSPS) is 16.2. The van der Waals surface area contributed by atoms with E-state index in [1.165, 1.54) is 0 Å². The Morgan fingerprint density at radius 2 is 1.88 bits per heavy atom. The molecule has 3 aromatic rings. The van der Waals surface area contributed by atoms with Crippen molar-refractivity contribution in [3.63, 3.8) is 0 Å². The second-order valence-corrected chi connectivity index (χ2v) is 8.44. The average Bonchev–Trinajstić information content (AvgIpc) is 3.11. The Kier molecular flexibility index (Phi) is 8.21. The van der Waals surface area contributed by atoms with E-state index in [-0.39, 0.29) is 50.4 Å². The Morgan fingerprint density at radius 1 is 1.15 bits per heavy atom. The summed E-state index contributed by atoms with van der Waals surface area (Å²) in [6.45, 7) is 7.10. The minimum Gasteiger partial charge on any atom is -0.369 e. The maximum absolute atomic E-state index is 13.2. The van der Waals surface area contributed by atoms with E-state index < -0.39 is 0 Å². The van der Waals surface area contributed by atoms with E-state index in [4.69, 9.17) is 10.8 Å². The van der Waals surface area contributed by atoms with Crippen molar-refractivity contribution in [1.82, 2.24) is 20.2 Å². The summed E-state index contributed by atoms with van der Waals surface area (Å²) in [6, 6.07) is 16.9. The van der Waals surface area contributed by atoms with E-state index in [0.717, 1.165) is 46.5 Å². The number of amides is 2.